The highest BCUT2D eigenvalue weighted by molar-refractivity contribution is 5.97. The quantitative estimate of drug-likeness (QED) is 0.393. The lowest BCUT2D eigenvalue weighted by Gasteiger charge is -2.19. The molecular formula is C16H17N3O2. The second kappa shape index (κ2) is 5.83. The van der Waals surface area contributed by atoms with E-state index in [9.17, 15) is 0 Å². The highest BCUT2D eigenvalue weighted by Crippen LogP contribution is 2.32. The maximum absolute atomic E-state index is 8.73. The highest BCUT2D eigenvalue weighted by Gasteiger charge is 2.14. The zero-order chi connectivity index (χ0) is 14.7. The van der Waals surface area contributed by atoms with Crippen LogP contribution in [0.4, 0.5) is 0 Å². The van der Waals surface area contributed by atoms with Gasteiger partial charge < -0.3 is 15.7 Å². The van der Waals surface area contributed by atoms with E-state index in [0.29, 0.717) is 11.4 Å². The van der Waals surface area contributed by atoms with Gasteiger partial charge in [-0.05, 0) is 48.9 Å². The summed E-state index contributed by atoms with van der Waals surface area (Å²) in [6.45, 7) is 0. The van der Waals surface area contributed by atoms with Gasteiger partial charge in [0.2, 0.25) is 5.88 Å². The summed E-state index contributed by atoms with van der Waals surface area (Å²) in [5.74, 6) is 1.33. The zero-order valence-corrected chi connectivity index (χ0v) is 11.6. The molecule has 5 heteroatoms. The van der Waals surface area contributed by atoms with Crippen LogP contribution in [0.2, 0.25) is 0 Å². The fraction of sp³-hybridized carbons (Fsp3) is 0.250. The molecule has 0 spiro atoms. The van der Waals surface area contributed by atoms with Gasteiger partial charge in [0.15, 0.2) is 5.84 Å². The molecule has 0 unspecified atom stereocenters. The maximum atomic E-state index is 8.73. The van der Waals surface area contributed by atoms with Crippen molar-refractivity contribution in [2.24, 2.45) is 10.9 Å². The van der Waals surface area contributed by atoms with Crippen molar-refractivity contribution < 1.29 is 9.94 Å². The summed E-state index contributed by atoms with van der Waals surface area (Å²) in [7, 11) is 0. The molecule has 1 aliphatic carbocycles. The molecule has 3 rings (SSSR count). The first-order valence-corrected chi connectivity index (χ1v) is 7.00. The summed E-state index contributed by atoms with van der Waals surface area (Å²) < 4.78 is 5.91. The van der Waals surface area contributed by atoms with Gasteiger partial charge in [-0.2, -0.15) is 0 Å². The predicted octanol–water partition coefficient (Wildman–Crippen LogP) is 2.85. The standard InChI is InChI=1S/C16H17N3O2/c17-16(19-20)12-8-9-18-15(10-12)21-14-7-3-5-11-4-1-2-6-13(11)14/h3,5,7-10,20H,1-2,4,6H2,(H2,17,19). The Bertz CT molecular complexity index is 683. The monoisotopic (exact) mass is 283 g/mol. The van der Waals surface area contributed by atoms with Crippen LogP contribution in [0.15, 0.2) is 41.7 Å². The third-order valence-electron chi connectivity index (χ3n) is 3.71. The van der Waals surface area contributed by atoms with Crippen molar-refractivity contribution in [3.05, 3.63) is 53.2 Å². The van der Waals surface area contributed by atoms with Crippen LogP contribution < -0.4 is 10.5 Å². The summed E-state index contributed by atoms with van der Waals surface area (Å²) in [5.41, 5.74) is 8.78. The van der Waals surface area contributed by atoms with Gasteiger partial charge in [-0.15, -0.1) is 0 Å². The van der Waals surface area contributed by atoms with Crippen LogP contribution >= 0.6 is 0 Å². The normalized spacial score (nSPS) is 14.6. The number of nitrogens with zero attached hydrogens (tertiary/aromatic N) is 2. The largest absolute Gasteiger partial charge is 0.439 e. The molecule has 1 aromatic heterocycles. The van der Waals surface area contributed by atoms with Crippen LogP contribution in [0.1, 0.15) is 29.5 Å². The Hall–Kier alpha value is -2.56. The number of rotatable bonds is 3. The fourth-order valence-electron chi connectivity index (χ4n) is 2.64. The van der Waals surface area contributed by atoms with Crippen molar-refractivity contribution in [2.45, 2.75) is 25.7 Å². The fourth-order valence-corrected chi connectivity index (χ4v) is 2.64. The van der Waals surface area contributed by atoms with E-state index in [1.165, 1.54) is 24.0 Å². The number of fused-ring (bicyclic) bond motifs is 1. The molecule has 0 saturated heterocycles. The molecule has 3 N–H and O–H groups in total. The Kier molecular flexibility index (Phi) is 3.73. The number of hydrogen-bond acceptors (Lipinski definition) is 4. The van der Waals surface area contributed by atoms with Crippen LogP contribution in [0.25, 0.3) is 0 Å². The van der Waals surface area contributed by atoms with Gasteiger partial charge in [0.05, 0.1) is 0 Å². The Morgan fingerprint density at radius 1 is 1.24 bits per heavy atom. The molecule has 0 aliphatic heterocycles. The Morgan fingerprint density at radius 3 is 2.95 bits per heavy atom. The molecule has 0 amide bonds. The number of hydrogen-bond donors (Lipinski definition) is 2. The SMILES string of the molecule is N/C(=N\O)c1ccnc(Oc2cccc3c2CCCC3)c1. The average Bonchev–Trinajstić information content (AvgIpc) is 2.55. The lowest BCUT2D eigenvalue weighted by Crippen LogP contribution is -2.13. The van der Waals surface area contributed by atoms with Gasteiger partial charge in [-0.3, -0.25) is 0 Å². The third kappa shape index (κ3) is 2.81. The molecule has 0 fully saturated rings. The van der Waals surface area contributed by atoms with Crippen molar-refractivity contribution in [1.82, 2.24) is 4.98 Å². The van der Waals surface area contributed by atoms with E-state index >= 15 is 0 Å². The van der Waals surface area contributed by atoms with Crippen molar-refractivity contribution in [3.8, 4) is 11.6 Å². The molecular weight excluding hydrogens is 266 g/mol. The van der Waals surface area contributed by atoms with Crippen LogP contribution in [-0.4, -0.2) is 16.0 Å². The molecule has 0 radical (unpaired) electrons. The van der Waals surface area contributed by atoms with Crippen molar-refractivity contribution in [2.75, 3.05) is 0 Å². The van der Waals surface area contributed by atoms with Gasteiger partial charge in [-0.25, -0.2) is 4.98 Å². The van der Waals surface area contributed by atoms with Gasteiger partial charge in [0.25, 0.3) is 0 Å². The number of nitrogens with two attached hydrogens (primary N) is 1. The zero-order valence-electron chi connectivity index (χ0n) is 11.6. The van der Waals surface area contributed by atoms with E-state index in [-0.39, 0.29) is 5.84 Å². The second-order valence-electron chi connectivity index (χ2n) is 5.07. The lowest BCUT2D eigenvalue weighted by molar-refractivity contribution is 0.318. The Labute approximate surface area is 123 Å². The van der Waals surface area contributed by atoms with E-state index in [0.717, 1.165) is 18.6 Å². The molecule has 2 aromatic rings. The highest BCUT2D eigenvalue weighted by atomic mass is 16.5. The topological polar surface area (TPSA) is 80.7 Å². The van der Waals surface area contributed by atoms with Gasteiger partial charge in [0.1, 0.15) is 5.75 Å². The number of oxime groups is 1. The summed E-state index contributed by atoms with van der Waals surface area (Å²) >= 11 is 0. The molecule has 21 heavy (non-hydrogen) atoms. The Balaban J connectivity index is 1.91. The minimum atomic E-state index is 0.0392. The summed E-state index contributed by atoms with van der Waals surface area (Å²) in [5, 5.41) is 11.7. The third-order valence-corrected chi connectivity index (χ3v) is 3.71. The number of benzene rings is 1. The molecule has 1 aromatic carbocycles. The lowest BCUT2D eigenvalue weighted by atomic mass is 9.91. The average molecular weight is 283 g/mol. The van der Waals surface area contributed by atoms with Crippen LogP contribution in [0, 0.1) is 0 Å². The number of amidine groups is 1. The van der Waals surface area contributed by atoms with E-state index in [1.807, 2.05) is 12.1 Å². The number of ether oxygens (including phenoxy) is 1. The summed E-state index contributed by atoms with van der Waals surface area (Å²) in [6.07, 6.45) is 6.13. The van der Waals surface area contributed by atoms with Crippen LogP contribution in [0.3, 0.4) is 0 Å². The maximum Gasteiger partial charge on any atom is 0.219 e. The minimum absolute atomic E-state index is 0.0392. The molecule has 0 bridgehead atoms. The summed E-state index contributed by atoms with van der Waals surface area (Å²) in [4.78, 5) is 4.19. The molecule has 5 nitrogen and oxygen atoms in total. The minimum Gasteiger partial charge on any atom is -0.439 e. The number of aromatic nitrogens is 1. The smallest absolute Gasteiger partial charge is 0.219 e. The van der Waals surface area contributed by atoms with Gasteiger partial charge in [0, 0.05) is 17.8 Å². The van der Waals surface area contributed by atoms with E-state index < -0.39 is 0 Å². The summed E-state index contributed by atoms with van der Waals surface area (Å²) in [6, 6.07) is 9.45. The van der Waals surface area contributed by atoms with Crippen molar-refractivity contribution in [3.63, 3.8) is 0 Å². The second-order valence-corrected chi connectivity index (χ2v) is 5.07. The molecule has 0 saturated carbocycles. The first-order valence-electron chi connectivity index (χ1n) is 7.00. The van der Waals surface area contributed by atoms with Crippen molar-refractivity contribution in [1.29, 1.82) is 0 Å². The molecule has 108 valence electrons. The van der Waals surface area contributed by atoms with Crippen molar-refractivity contribution >= 4 is 5.84 Å². The van der Waals surface area contributed by atoms with Crippen LogP contribution in [0.5, 0.6) is 11.6 Å². The molecule has 0 atom stereocenters. The first-order chi connectivity index (χ1) is 10.3. The number of pyridine rings is 1. The first kappa shape index (κ1) is 13.4. The van der Waals surface area contributed by atoms with E-state index in [4.69, 9.17) is 15.7 Å². The van der Waals surface area contributed by atoms with E-state index in [1.54, 1.807) is 18.3 Å². The van der Waals surface area contributed by atoms with Gasteiger partial charge >= 0.3 is 0 Å². The number of aryl methyl sites for hydroxylation is 1. The Morgan fingerprint density at radius 2 is 2.10 bits per heavy atom. The predicted molar refractivity (Wildman–Crippen MR) is 79.9 cm³/mol. The van der Waals surface area contributed by atoms with E-state index in [2.05, 4.69) is 16.2 Å². The van der Waals surface area contributed by atoms with Crippen LogP contribution in [-0.2, 0) is 12.8 Å². The molecule has 1 heterocycles. The van der Waals surface area contributed by atoms with Gasteiger partial charge in [-0.1, -0.05) is 17.3 Å². The molecule has 1 aliphatic rings.